The van der Waals surface area contributed by atoms with Crippen molar-refractivity contribution in [3.63, 3.8) is 0 Å². The van der Waals surface area contributed by atoms with Crippen LogP contribution in [-0.2, 0) is 30.6 Å². The van der Waals surface area contributed by atoms with Gasteiger partial charge in [-0.1, -0.05) is 0 Å². The third kappa shape index (κ3) is 3.54. The van der Waals surface area contributed by atoms with Gasteiger partial charge in [0, 0.05) is 48.7 Å². The van der Waals surface area contributed by atoms with Crippen LogP contribution in [0, 0.1) is 5.92 Å². The Morgan fingerprint density at radius 3 is 2.86 bits per heavy atom. The molecule has 0 spiro atoms. The lowest BCUT2D eigenvalue weighted by Gasteiger charge is -2.35. The van der Waals surface area contributed by atoms with E-state index in [1.165, 1.54) is 34.5 Å². The number of aryl methyl sites for hydroxylation is 1. The molecule has 4 heterocycles. The molecule has 0 radical (unpaired) electrons. The van der Waals surface area contributed by atoms with E-state index in [2.05, 4.69) is 31.2 Å². The molecule has 0 saturated carbocycles. The van der Waals surface area contributed by atoms with Gasteiger partial charge in [0.2, 0.25) is 5.91 Å². The van der Waals surface area contributed by atoms with E-state index in [0.29, 0.717) is 18.2 Å². The molecule has 2 aromatic heterocycles. The van der Waals surface area contributed by atoms with Gasteiger partial charge in [0.05, 0.1) is 0 Å². The second-order valence-corrected chi connectivity index (χ2v) is 9.40. The van der Waals surface area contributed by atoms with Crippen molar-refractivity contribution in [2.75, 3.05) is 24.5 Å². The normalized spacial score (nSPS) is 20.0. The highest BCUT2D eigenvalue weighted by atomic mass is 32.1. The van der Waals surface area contributed by atoms with Crippen LogP contribution in [0.4, 0.5) is 5.82 Å². The van der Waals surface area contributed by atoms with Gasteiger partial charge in [0.25, 0.3) is 0 Å². The fourth-order valence-electron chi connectivity index (χ4n) is 4.96. The minimum atomic E-state index is 0.342. The van der Waals surface area contributed by atoms with E-state index in [1.54, 1.807) is 6.33 Å². The van der Waals surface area contributed by atoms with Crippen LogP contribution in [-0.4, -0.2) is 40.4 Å². The van der Waals surface area contributed by atoms with Crippen LogP contribution in [0.15, 0.2) is 17.8 Å². The Morgan fingerprint density at radius 2 is 1.96 bits per heavy atom. The summed E-state index contributed by atoms with van der Waals surface area (Å²) in [5, 5.41) is 2.15. The summed E-state index contributed by atoms with van der Waals surface area (Å²) in [5.74, 6) is 2.01. The van der Waals surface area contributed by atoms with Crippen LogP contribution >= 0.6 is 11.3 Å². The number of aromatic nitrogens is 2. The van der Waals surface area contributed by atoms with Gasteiger partial charge in [0.15, 0.2) is 0 Å². The first-order valence-corrected chi connectivity index (χ1v) is 11.6. The molecule has 2 aromatic rings. The Balaban J connectivity index is 1.17. The predicted octanol–water partition coefficient (Wildman–Crippen LogP) is 3.61. The number of carbonyl (C=O) groups is 1. The minimum absolute atomic E-state index is 0.342. The standard InChI is InChI=1S/C22H28N4OS/c27-21(26-11-7-20-17(14-26)8-12-28-20)13-16-5-9-25(10-6-16)22-18-3-1-2-4-19(18)23-15-24-22/h8,12,15-16H,1-7,9-11,13-14H2. The SMILES string of the molecule is O=C(CC1CCN(c2ncnc3c2CCCC3)CC1)N1CCc2sccc2C1. The zero-order chi connectivity index (χ0) is 18.9. The van der Waals surface area contributed by atoms with Crippen molar-refractivity contribution in [3.05, 3.63) is 39.5 Å². The third-order valence-corrected chi connectivity index (χ3v) is 7.66. The zero-order valence-corrected chi connectivity index (χ0v) is 17.2. The van der Waals surface area contributed by atoms with Crippen molar-refractivity contribution >= 4 is 23.1 Å². The molecule has 1 amide bonds. The zero-order valence-electron chi connectivity index (χ0n) is 16.4. The van der Waals surface area contributed by atoms with Gasteiger partial charge in [-0.05, 0) is 67.9 Å². The fraction of sp³-hybridized carbons (Fsp3) is 0.591. The number of hydrogen-bond acceptors (Lipinski definition) is 5. The molecule has 1 fully saturated rings. The first-order valence-electron chi connectivity index (χ1n) is 10.7. The van der Waals surface area contributed by atoms with Crippen molar-refractivity contribution in [2.45, 2.75) is 57.9 Å². The van der Waals surface area contributed by atoms with Gasteiger partial charge in [-0.25, -0.2) is 9.97 Å². The molecule has 28 heavy (non-hydrogen) atoms. The number of thiophene rings is 1. The van der Waals surface area contributed by atoms with Gasteiger partial charge < -0.3 is 9.80 Å². The molecule has 1 aliphatic carbocycles. The van der Waals surface area contributed by atoms with Crippen LogP contribution in [0.3, 0.4) is 0 Å². The molecule has 148 valence electrons. The molecule has 0 atom stereocenters. The van der Waals surface area contributed by atoms with Crippen LogP contribution in [0.1, 0.15) is 53.8 Å². The van der Waals surface area contributed by atoms with E-state index in [4.69, 9.17) is 0 Å². The molecule has 0 bridgehead atoms. The predicted molar refractivity (Wildman–Crippen MR) is 112 cm³/mol. The summed E-state index contributed by atoms with van der Waals surface area (Å²) in [6.07, 6.45) is 10.3. The van der Waals surface area contributed by atoms with E-state index in [0.717, 1.165) is 64.1 Å². The molecule has 0 N–H and O–H groups in total. The summed E-state index contributed by atoms with van der Waals surface area (Å²) >= 11 is 1.83. The maximum absolute atomic E-state index is 12.8. The highest BCUT2D eigenvalue weighted by Crippen LogP contribution is 2.31. The smallest absolute Gasteiger partial charge is 0.223 e. The van der Waals surface area contributed by atoms with Gasteiger partial charge in [0.1, 0.15) is 12.1 Å². The van der Waals surface area contributed by atoms with Gasteiger partial charge in [-0.3, -0.25) is 4.79 Å². The first-order chi connectivity index (χ1) is 13.8. The molecular formula is C22H28N4OS. The fourth-order valence-corrected chi connectivity index (χ4v) is 5.85. The average Bonchev–Trinajstić information content (AvgIpc) is 3.22. The number of carbonyl (C=O) groups excluding carboxylic acids is 1. The second-order valence-electron chi connectivity index (χ2n) is 8.40. The van der Waals surface area contributed by atoms with Crippen LogP contribution in [0.2, 0.25) is 0 Å². The molecular weight excluding hydrogens is 368 g/mol. The largest absolute Gasteiger partial charge is 0.356 e. The quantitative estimate of drug-likeness (QED) is 0.795. The lowest BCUT2D eigenvalue weighted by molar-refractivity contribution is -0.133. The first kappa shape index (κ1) is 18.1. The number of fused-ring (bicyclic) bond motifs is 2. The maximum Gasteiger partial charge on any atom is 0.223 e. The second kappa shape index (κ2) is 7.82. The van der Waals surface area contributed by atoms with Crippen LogP contribution in [0.5, 0.6) is 0 Å². The Kier molecular flexibility index (Phi) is 5.05. The summed E-state index contributed by atoms with van der Waals surface area (Å²) in [6, 6.07) is 2.18. The highest BCUT2D eigenvalue weighted by molar-refractivity contribution is 7.10. The summed E-state index contributed by atoms with van der Waals surface area (Å²) in [5.41, 5.74) is 3.99. The lowest BCUT2D eigenvalue weighted by atomic mass is 9.91. The Hall–Kier alpha value is -1.95. The Morgan fingerprint density at radius 1 is 1.11 bits per heavy atom. The van der Waals surface area contributed by atoms with Crippen molar-refractivity contribution in [2.24, 2.45) is 5.92 Å². The van der Waals surface area contributed by atoms with Gasteiger partial charge in [-0.2, -0.15) is 0 Å². The number of hydrogen-bond donors (Lipinski definition) is 0. The van der Waals surface area contributed by atoms with Crippen molar-refractivity contribution in [1.29, 1.82) is 0 Å². The number of rotatable bonds is 3. The molecule has 2 aliphatic heterocycles. The average molecular weight is 397 g/mol. The monoisotopic (exact) mass is 396 g/mol. The van der Waals surface area contributed by atoms with Gasteiger partial charge in [-0.15, -0.1) is 11.3 Å². The van der Waals surface area contributed by atoms with E-state index in [1.807, 2.05) is 11.3 Å². The molecule has 0 unspecified atom stereocenters. The molecule has 1 saturated heterocycles. The van der Waals surface area contributed by atoms with Crippen molar-refractivity contribution in [3.8, 4) is 0 Å². The minimum Gasteiger partial charge on any atom is -0.356 e. The Bertz CT molecular complexity index is 856. The Labute approximate surface area is 170 Å². The number of nitrogens with zero attached hydrogens (tertiary/aromatic N) is 4. The molecule has 0 aromatic carbocycles. The lowest BCUT2D eigenvalue weighted by Crippen LogP contribution is -2.39. The number of piperidine rings is 1. The van der Waals surface area contributed by atoms with E-state index in [-0.39, 0.29) is 0 Å². The molecule has 5 nitrogen and oxygen atoms in total. The van der Waals surface area contributed by atoms with Crippen LogP contribution < -0.4 is 4.90 Å². The maximum atomic E-state index is 12.8. The summed E-state index contributed by atoms with van der Waals surface area (Å²) in [4.78, 5) is 27.9. The third-order valence-electron chi connectivity index (χ3n) is 6.64. The molecule has 6 heteroatoms. The van der Waals surface area contributed by atoms with Gasteiger partial charge >= 0.3 is 0 Å². The number of anilines is 1. The molecule has 5 rings (SSSR count). The van der Waals surface area contributed by atoms with Crippen LogP contribution in [0.25, 0.3) is 0 Å². The summed E-state index contributed by atoms with van der Waals surface area (Å²) in [6.45, 7) is 3.72. The number of amides is 1. The van der Waals surface area contributed by atoms with E-state index < -0.39 is 0 Å². The van der Waals surface area contributed by atoms with Crippen molar-refractivity contribution < 1.29 is 4.79 Å². The highest BCUT2D eigenvalue weighted by Gasteiger charge is 2.28. The topological polar surface area (TPSA) is 49.3 Å². The van der Waals surface area contributed by atoms with Crippen molar-refractivity contribution in [1.82, 2.24) is 14.9 Å². The van der Waals surface area contributed by atoms with E-state index >= 15 is 0 Å². The summed E-state index contributed by atoms with van der Waals surface area (Å²) < 4.78 is 0. The molecule has 3 aliphatic rings. The van der Waals surface area contributed by atoms with E-state index in [9.17, 15) is 4.79 Å². The summed E-state index contributed by atoms with van der Waals surface area (Å²) in [7, 11) is 0.